The molecule has 0 saturated carbocycles. The van der Waals surface area contributed by atoms with Gasteiger partial charge in [0, 0.05) is 18.2 Å². The van der Waals surface area contributed by atoms with Crippen molar-refractivity contribution in [1.82, 2.24) is 0 Å². The van der Waals surface area contributed by atoms with Crippen LogP contribution in [-0.4, -0.2) is 6.21 Å². The molecule has 0 bridgehead atoms. The summed E-state index contributed by atoms with van der Waals surface area (Å²) >= 11 is 1.44. The second-order valence-corrected chi connectivity index (χ2v) is 1.77. The van der Waals surface area contributed by atoms with Gasteiger partial charge in [0.05, 0.1) is 0 Å². The van der Waals surface area contributed by atoms with E-state index in [9.17, 15) is 0 Å². The number of nitrogens with zero attached hydrogens (tertiary/aromatic N) is 1. The molecule has 0 aromatic heterocycles. The minimum absolute atomic E-state index is 0. The van der Waals surface area contributed by atoms with Crippen molar-refractivity contribution in [3.63, 3.8) is 0 Å². The summed E-state index contributed by atoms with van der Waals surface area (Å²) in [7, 11) is 0. The van der Waals surface area contributed by atoms with Crippen LogP contribution in [0.25, 0.3) is 0 Å². The fraction of sp³-hybridized carbons (Fsp3) is 0. The predicted molar refractivity (Wildman–Crippen MR) is 44.7 cm³/mol. The normalized spacial score (nSPS) is 15.0. The number of allylic oxidation sites excluding steroid dienone is 3. The lowest BCUT2D eigenvalue weighted by atomic mass is 10.5. The van der Waals surface area contributed by atoms with E-state index in [1.54, 1.807) is 6.21 Å². The summed E-state index contributed by atoms with van der Waals surface area (Å²) in [5.74, 6) is 0. The Labute approximate surface area is 63.5 Å². The molecule has 1 nitrogen and oxygen atoms in total. The van der Waals surface area contributed by atoms with Gasteiger partial charge in [-0.2, -0.15) is 0 Å². The van der Waals surface area contributed by atoms with Crippen molar-refractivity contribution in [2.75, 3.05) is 0 Å². The van der Waals surface area contributed by atoms with Crippen molar-refractivity contribution in [1.29, 1.82) is 0 Å². The quantitative estimate of drug-likeness (QED) is 0.536. The van der Waals surface area contributed by atoms with Crippen LogP contribution in [0.4, 0.5) is 0 Å². The van der Waals surface area contributed by atoms with Crippen molar-refractivity contribution in [2.24, 2.45) is 4.40 Å². The van der Waals surface area contributed by atoms with E-state index in [0.717, 1.165) is 0 Å². The SMILES string of the molecule is Br.C1=CC=NSC=C1. The van der Waals surface area contributed by atoms with E-state index in [4.69, 9.17) is 0 Å². The van der Waals surface area contributed by atoms with Gasteiger partial charge < -0.3 is 0 Å². The van der Waals surface area contributed by atoms with Crippen LogP contribution < -0.4 is 0 Å². The van der Waals surface area contributed by atoms with Crippen LogP contribution in [0.1, 0.15) is 0 Å². The minimum atomic E-state index is 0. The van der Waals surface area contributed by atoms with E-state index in [1.165, 1.54) is 11.9 Å². The van der Waals surface area contributed by atoms with Crippen molar-refractivity contribution in [2.45, 2.75) is 0 Å². The maximum absolute atomic E-state index is 3.89. The van der Waals surface area contributed by atoms with Gasteiger partial charge in [0.1, 0.15) is 0 Å². The first-order chi connectivity index (χ1) is 3.50. The molecule has 0 N–H and O–H groups in total. The van der Waals surface area contributed by atoms with E-state index in [0.29, 0.717) is 0 Å². The van der Waals surface area contributed by atoms with Gasteiger partial charge in [0.15, 0.2) is 0 Å². The molecule has 0 fully saturated rings. The van der Waals surface area contributed by atoms with Crippen molar-refractivity contribution in [3.05, 3.63) is 23.6 Å². The fourth-order valence-electron chi connectivity index (χ4n) is 0.300. The van der Waals surface area contributed by atoms with E-state index < -0.39 is 0 Å². The van der Waals surface area contributed by atoms with Crippen LogP contribution in [0.2, 0.25) is 0 Å². The van der Waals surface area contributed by atoms with E-state index >= 15 is 0 Å². The highest BCUT2D eigenvalue weighted by Gasteiger charge is 1.71. The molecule has 0 saturated heterocycles. The summed E-state index contributed by atoms with van der Waals surface area (Å²) in [6.45, 7) is 0. The number of hydrogen-bond donors (Lipinski definition) is 0. The Balaban J connectivity index is 0.000000490. The summed E-state index contributed by atoms with van der Waals surface area (Å²) in [6, 6.07) is 0. The van der Waals surface area contributed by atoms with Gasteiger partial charge in [-0.15, -0.1) is 17.0 Å². The Morgan fingerprint density at radius 1 is 1.12 bits per heavy atom. The van der Waals surface area contributed by atoms with Gasteiger partial charge in [0.2, 0.25) is 0 Å². The molecule has 8 heavy (non-hydrogen) atoms. The third-order valence-electron chi connectivity index (χ3n) is 0.569. The topological polar surface area (TPSA) is 12.4 Å². The maximum atomic E-state index is 3.89. The molecule has 1 heterocycles. The highest BCUT2D eigenvalue weighted by molar-refractivity contribution is 8.93. The molecule has 0 aromatic rings. The second kappa shape index (κ2) is 5.12. The first kappa shape index (κ1) is 7.98. The second-order valence-electron chi connectivity index (χ2n) is 1.07. The van der Waals surface area contributed by atoms with Crippen LogP contribution in [0.15, 0.2) is 28.0 Å². The summed E-state index contributed by atoms with van der Waals surface area (Å²) in [5, 5.41) is 1.93. The van der Waals surface area contributed by atoms with Gasteiger partial charge in [-0.3, -0.25) is 0 Å². The Morgan fingerprint density at radius 2 is 2.00 bits per heavy atom. The zero-order valence-corrected chi connectivity index (χ0v) is 6.68. The van der Waals surface area contributed by atoms with Gasteiger partial charge in [-0.25, -0.2) is 4.40 Å². The molecule has 3 heteroatoms. The van der Waals surface area contributed by atoms with Gasteiger partial charge in [0.25, 0.3) is 0 Å². The molecule has 0 amide bonds. The van der Waals surface area contributed by atoms with Gasteiger partial charge in [-0.05, 0) is 11.5 Å². The smallest absolute Gasteiger partial charge is 0.0355 e. The molecule has 1 rings (SSSR count). The summed E-state index contributed by atoms with van der Waals surface area (Å²) in [4.78, 5) is 0. The minimum Gasteiger partial charge on any atom is -0.220 e. The van der Waals surface area contributed by atoms with E-state index in [2.05, 4.69) is 4.40 Å². The standard InChI is InChI=1S/C5H5NS.BrH/c1-2-4-6-7-5-3-1;/h1-5H;1H. The molecule has 1 aliphatic heterocycles. The van der Waals surface area contributed by atoms with Crippen molar-refractivity contribution >= 4 is 35.1 Å². The largest absolute Gasteiger partial charge is 0.220 e. The van der Waals surface area contributed by atoms with Crippen LogP contribution in [0, 0.1) is 0 Å². The van der Waals surface area contributed by atoms with Crippen molar-refractivity contribution in [3.8, 4) is 0 Å². The Hall–Kier alpha value is -0.0200. The van der Waals surface area contributed by atoms with E-state index in [1.807, 2.05) is 23.6 Å². The first-order valence-corrected chi connectivity index (χ1v) is 2.85. The third kappa shape index (κ3) is 3.04. The van der Waals surface area contributed by atoms with Crippen LogP contribution >= 0.6 is 28.9 Å². The van der Waals surface area contributed by atoms with Gasteiger partial charge in [-0.1, -0.05) is 12.2 Å². The molecular weight excluding hydrogens is 186 g/mol. The summed E-state index contributed by atoms with van der Waals surface area (Å²) < 4.78 is 3.89. The lowest BCUT2D eigenvalue weighted by Crippen LogP contribution is -1.51. The zero-order valence-electron chi connectivity index (χ0n) is 4.15. The molecule has 0 atom stereocenters. The first-order valence-electron chi connectivity index (χ1n) is 2.01. The highest BCUT2D eigenvalue weighted by atomic mass is 79.9. The monoisotopic (exact) mass is 191 g/mol. The summed E-state index contributed by atoms with van der Waals surface area (Å²) in [5.41, 5.74) is 0. The van der Waals surface area contributed by atoms with Crippen LogP contribution in [0.5, 0.6) is 0 Å². The Kier molecular flexibility index (Phi) is 5.11. The average Bonchev–Trinajstić information content (AvgIpc) is 1.90. The number of hydrogen-bond acceptors (Lipinski definition) is 2. The molecule has 0 aliphatic carbocycles. The Morgan fingerprint density at radius 3 is 2.88 bits per heavy atom. The van der Waals surface area contributed by atoms with Crippen LogP contribution in [-0.2, 0) is 0 Å². The van der Waals surface area contributed by atoms with Crippen molar-refractivity contribution < 1.29 is 0 Å². The Bertz CT molecular complexity index is 114. The average molecular weight is 192 g/mol. The highest BCUT2D eigenvalue weighted by Crippen LogP contribution is 2.03. The number of rotatable bonds is 0. The molecule has 0 unspecified atom stereocenters. The number of halogens is 1. The molecule has 44 valence electrons. The summed E-state index contributed by atoms with van der Waals surface area (Å²) in [6.07, 6.45) is 7.57. The van der Waals surface area contributed by atoms with Gasteiger partial charge >= 0.3 is 0 Å². The fourth-order valence-corrected chi connectivity index (χ4v) is 0.672. The lowest BCUT2D eigenvalue weighted by molar-refractivity contribution is 1.99. The molecule has 1 aliphatic rings. The maximum Gasteiger partial charge on any atom is 0.0355 e. The molecular formula is C5H6BrNS. The predicted octanol–water partition coefficient (Wildman–Crippen LogP) is 2.37. The lowest BCUT2D eigenvalue weighted by Gasteiger charge is -1.70. The molecule has 0 radical (unpaired) electrons. The van der Waals surface area contributed by atoms with E-state index in [-0.39, 0.29) is 17.0 Å². The molecule has 0 aromatic carbocycles. The zero-order chi connectivity index (χ0) is 4.95. The van der Waals surface area contributed by atoms with Crippen LogP contribution in [0.3, 0.4) is 0 Å². The molecule has 0 spiro atoms. The third-order valence-corrected chi connectivity index (χ3v) is 1.09.